The zero-order valence-corrected chi connectivity index (χ0v) is 10.4. The fourth-order valence-electron chi connectivity index (χ4n) is 1.76. The van der Waals surface area contributed by atoms with Crippen LogP contribution in [0.15, 0.2) is 18.2 Å². The number of fused-ring (bicyclic) bond motifs is 1. The van der Waals surface area contributed by atoms with Crippen molar-refractivity contribution in [2.24, 2.45) is 0 Å². The SMILES string of the molecule is O=P12ON(O1)N(c1cccc(C(F)(F)F)c1C(F)(F)F)O2. The Hall–Kier alpha value is -1.33. The Morgan fingerprint density at radius 3 is 2.00 bits per heavy atom. The van der Waals surface area contributed by atoms with Gasteiger partial charge in [0.25, 0.3) is 0 Å². The summed E-state index contributed by atoms with van der Waals surface area (Å²) in [6.07, 6.45) is -10.6. The van der Waals surface area contributed by atoms with Gasteiger partial charge < -0.3 is 0 Å². The van der Waals surface area contributed by atoms with Crippen LogP contribution in [0.25, 0.3) is 0 Å². The van der Waals surface area contributed by atoms with Crippen LogP contribution in [-0.2, 0) is 30.8 Å². The first-order valence-corrected chi connectivity index (χ1v) is 6.54. The number of halogens is 6. The van der Waals surface area contributed by atoms with Gasteiger partial charge in [0.15, 0.2) is 0 Å². The van der Waals surface area contributed by atoms with Crippen molar-refractivity contribution in [3.63, 3.8) is 0 Å². The summed E-state index contributed by atoms with van der Waals surface area (Å²) < 4.78 is 101. The lowest BCUT2D eigenvalue weighted by atomic mass is 10.0. The van der Waals surface area contributed by atoms with Crippen molar-refractivity contribution in [3.05, 3.63) is 29.3 Å². The van der Waals surface area contributed by atoms with Crippen molar-refractivity contribution in [2.45, 2.75) is 12.4 Å². The molecule has 4 rings (SSSR count). The number of alkyl halides is 6. The van der Waals surface area contributed by atoms with Gasteiger partial charge in [-0.3, -0.25) is 0 Å². The van der Waals surface area contributed by atoms with E-state index in [1.807, 2.05) is 0 Å². The van der Waals surface area contributed by atoms with E-state index >= 15 is 0 Å². The minimum Gasteiger partial charge on any atom is -0.222 e. The second kappa shape index (κ2) is 4.11. The molecule has 0 aromatic heterocycles. The first kappa shape index (κ1) is 14.6. The number of nitrogens with zero attached hydrogens (tertiary/aromatic N) is 2. The second-order valence-corrected chi connectivity index (χ2v) is 5.28. The van der Waals surface area contributed by atoms with Crippen LogP contribution in [-0.4, -0.2) is 5.34 Å². The average Bonchev–Trinajstić information content (AvgIpc) is 2.79. The molecular formula is C8H3F6N2O4P. The third kappa shape index (κ3) is 2.28. The highest BCUT2D eigenvalue weighted by Gasteiger charge is 2.61. The molecule has 0 amide bonds. The van der Waals surface area contributed by atoms with E-state index in [1.54, 1.807) is 0 Å². The standard InChI is InChI=1S/C8H3F6N2O4P/c9-7(10,11)4-2-1-3-5(6(4)8(12,13)14)15-16-19-21(17,18-15)20-16/h1-3H. The van der Waals surface area contributed by atoms with E-state index in [2.05, 4.69) is 13.9 Å². The summed E-state index contributed by atoms with van der Waals surface area (Å²) in [4.78, 5) is 0. The fourth-order valence-corrected chi connectivity index (χ4v) is 2.65. The zero-order chi connectivity index (χ0) is 15.6. The van der Waals surface area contributed by atoms with Crippen LogP contribution < -0.4 is 5.17 Å². The second-order valence-electron chi connectivity index (χ2n) is 3.90. The molecule has 13 heteroatoms. The van der Waals surface area contributed by atoms with Gasteiger partial charge in [0.05, 0.1) is 16.5 Å². The highest BCUT2D eigenvalue weighted by atomic mass is 31.2. The van der Waals surface area contributed by atoms with E-state index < -0.39 is 37.0 Å². The van der Waals surface area contributed by atoms with Gasteiger partial charge >= 0.3 is 20.2 Å². The molecule has 0 atom stereocenters. The maximum absolute atomic E-state index is 13.0. The summed E-state index contributed by atoms with van der Waals surface area (Å²) in [5, 5.41) is 0.268. The first-order chi connectivity index (χ1) is 9.51. The van der Waals surface area contributed by atoms with Crippen molar-refractivity contribution >= 4 is 13.5 Å². The molecule has 21 heavy (non-hydrogen) atoms. The van der Waals surface area contributed by atoms with E-state index in [4.69, 9.17) is 0 Å². The van der Waals surface area contributed by atoms with Crippen LogP contribution in [0, 0.1) is 0 Å². The lowest BCUT2D eigenvalue weighted by Crippen LogP contribution is -2.36. The number of anilines is 1. The molecule has 6 nitrogen and oxygen atoms in total. The summed E-state index contributed by atoms with van der Waals surface area (Å²) in [5.41, 5.74) is -4.99. The molecule has 1 aromatic rings. The lowest BCUT2D eigenvalue weighted by molar-refractivity contribution is -0.319. The lowest BCUT2D eigenvalue weighted by Gasteiger charge is -2.25. The number of rotatable bonds is 1. The van der Waals surface area contributed by atoms with E-state index in [0.29, 0.717) is 6.07 Å². The summed E-state index contributed by atoms with van der Waals surface area (Å²) in [6, 6.07) is 1.70. The monoisotopic (exact) mass is 336 g/mol. The molecule has 116 valence electrons. The molecule has 3 saturated heterocycles. The summed E-state index contributed by atoms with van der Waals surface area (Å²) in [7, 11) is -4.05. The number of hydrazine groups is 1. The topological polar surface area (TPSA) is 51.2 Å². The third-order valence-electron chi connectivity index (χ3n) is 2.50. The predicted octanol–water partition coefficient (Wildman–Crippen LogP) is 3.68. The Kier molecular flexibility index (Phi) is 2.86. The quantitative estimate of drug-likeness (QED) is 0.576. The van der Waals surface area contributed by atoms with Crippen LogP contribution in [0.4, 0.5) is 32.0 Å². The van der Waals surface area contributed by atoms with Gasteiger partial charge in [-0.2, -0.15) is 26.3 Å². The number of benzene rings is 1. The number of hydrogen-bond donors (Lipinski definition) is 0. The van der Waals surface area contributed by atoms with Gasteiger partial charge in [-0.25, -0.2) is 4.57 Å². The highest BCUT2D eigenvalue weighted by Crippen LogP contribution is 2.68. The molecule has 2 bridgehead atoms. The van der Waals surface area contributed by atoms with E-state index in [1.165, 1.54) is 0 Å². The predicted molar refractivity (Wildman–Crippen MR) is 51.6 cm³/mol. The molecule has 0 unspecified atom stereocenters. The van der Waals surface area contributed by atoms with Crippen LogP contribution in [0.2, 0.25) is 0 Å². The molecule has 3 aliphatic heterocycles. The Bertz CT molecular complexity index is 637. The Balaban J connectivity index is 2.15. The molecule has 0 N–H and O–H groups in total. The Morgan fingerprint density at radius 1 is 0.952 bits per heavy atom. The van der Waals surface area contributed by atoms with Crippen molar-refractivity contribution < 1.29 is 44.8 Å². The van der Waals surface area contributed by atoms with Crippen LogP contribution in [0.3, 0.4) is 0 Å². The molecule has 0 spiro atoms. The van der Waals surface area contributed by atoms with Crippen LogP contribution in [0.1, 0.15) is 11.1 Å². The fraction of sp³-hybridized carbons (Fsp3) is 0.250. The van der Waals surface area contributed by atoms with E-state index in [-0.39, 0.29) is 16.6 Å². The van der Waals surface area contributed by atoms with Crippen molar-refractivity contribution in [1.82, 2.24) is 5.34 Å². The smallest absolute Gasteiger partial charge is 0.222 e. The maximum atomic E-state index is 13.0. The molecule has 0 aliphatic carbocycles. The van der Waals surface area contributed by atoms with Gasteiger partial charge in [-0.1, -0.05) is 6.07 Å². The third-order valence-corrected chi connectivity index (χ3v) is 3.54. The van der Waals surface area contributed by atoms with Gasteiger partial charge in [0.1, 0.15) is 5.69 Å². The molecule has 3 fully saturated rings. The largest absolute Gasteiger partial charge is 0.538 e. The molecule has 0 saturated carbocycles. The van der Waals surface area contributed by atoms with Crippen molar-refractivity contribution in [2.75, 3.05) is 5.17 Å². The van der Waals surface area contributed by atoms with Gasteiger partial charge in [-0.15, -0.1) is 19.0 Å². The van der Waals surface area contributed by atoms with Crippen molar-refractivity contribution in [1.29, 1.82) is 0 Å². The molecule has 3 heterocycles. The number of phosphoric acid groups is 1. The van der Waals surface area contributed by atoms with E-state index in [9.17, 15) is 30.9 Å². The molecular weight excluding hydrogens is 333 g/mol. The zero-order valence-electron chi connectivity index (χ0n) is 9.47. The van der Waals surface area contributed by atoms with Crippen LogP contribution >= 0.6 is 7.82 Å². The van der Waals surface area contributed by atoms with Crippen LogP contribution in [0.5, 0.6) is 0 Å². The van der Waals surface area contributed by atoms with Crippen molar-refractivity contribution in [3.8, 4) is 0 Å². The minimum absolute atomic E-state index is 0.110. The summed E-state index contributed by atoms with van der Waals surface area (Å²) >= 11 is 0. The van der Waals surface area contributed by atoms with Gasteiger partial charge in [0, 0.05) is 0 Å². The maximum Gasteiger partial charge on any atom is 0.538 e. The number of hydrogen-bond acceptors (Lipinski definition) is 6. The summed E-state index contributed by atoms with van der Waals surface area (Å²) in [5.74, 6) is 0. The van der Waals surface area contributed by atoms with E-state index in [0.717, 1.165) is 6.07 Å². The molecule has 0 radical (unpaired) electrons. The highest BCUT2D eigenvalue weighted by molar-refractivity contribution is 7.49. The molecule has 3 aliphatic rings. The molecule has 1 aromatic carbocycles. The normalized spacial score (nSPS) is 28.7. The van der Waals surface area contributed by atoms with Gasteiger partial charge in [-0.05, 0) is 12.1 Å². The minimum atomic E-state index is -5.34. The average molecular weight is 336 g/mol. The Labute approximate surface area is 111 Å². The first-order valence-electron chi connectivity index (χ1n) is 5.08. The van der Waals surface area contributed by atoms with Gasteiger partial charge in [0.2, 0.25) is 0 Å². The summed E-state index contributed by atoms with van der Waals surface area (Å²) in [6.45, 7) is 0. The Morgan fingerprint density at radius 2 is 1.57 bits per heavy atom.